The number of nitro groups is 1. The molecule has 0 bridgehead atoms. The van der Waals surface area contributed by atoms with Gasteiger partial charge >= 0.3 is 5.66 Å². The van der Waals surface area contributed by atoms with Gasteiger partial charge in [0.1, 0.15) is 5.69 Å². The van der Waals surface area contributed by atoms with E-state index in [-0.39, 0.29) is 0 Å². The van der Waals surface area contributed by atoms with Gasteiger partial charge in [-0.2, -0.15) is 0 Å². The topological polar surface area (TPSA) is 67.9 Å². The molecule has 1 aromatic carbocycles. The summed E-state index contributed by atoms with van der Waals surface area (Å²) < 4.78 is 0. The Morgan fingerprint density at radius 2 is 2.00 bits per heavy atom. The zero-order valence-corrected chi connectivity index (χ0v) is 10.2. The van der Waals surface area contributed by atoms with Crippen molar-refractivity contribution in [3.63, 3.8) is 0 Å². The van der Waals surface area contributed by atoms with Crippen LogP contribution in [0.4, 0.5) is 5.69 Å². The zero-order chi connectivity index (χ0) is 12.3. The quantitative estimate of drug-likeness (QED) is 0.467. The second kappa shape index (κ2) is 4.76. The molecule has 0 atom stereocenters. The predicted octanol–water partition coefficient (Wildman–Crippen LogP) is 4.09. The molecule has 0 N–H and O–H groups in total. The summed E-state index contributed by atoms with van der Waals surface area (Å²) in [6.07, 6.45) is 0. The van der Waals surface area contributed by atoms with E-state index in [1.165, 1.54) is 19.9 Å². The molecule has 0 aliphatic heterocycles. The Hall–Kier alpha value is -1.20. The third-order valence-electron chi connectivity index (χ3n) is 1.76. The van der Waals surface area contributed by atoms with E-state index in [9.17, 15) is 10.1 Å². The molecule has 0 spiro atoms. The fourth-order valence-electron chi connectivity index (χ4n) is 0.775. The van der Waals surface area contributed by atoms with Crippen LogP contribution in [0.3, 0.4) is 0 Å². The number of halogens is 2. The molecule has 0 heterocycles. The third kappa shape index (κ3) is 3.15. The highest BCUT2D eigenvalue weighted by atomic mass is 35.5. The van der Waals surface area contributed by atoms with E-state index in [1.807, 2.05) is 0 Å². The van der Waals surface area contributed by atoms with Crippen molar-refractivity contribution >= 4 is 28.9 Å². The maximum absolute atomic E-state index is 10.6. The van der Waals surface area contributed by atoms with Gasteiger partial charge < -0.3 is 0 Å². The SMILES string of the molecule is CC(C)(N=Nc1ccc(Cl)cc1Cl)[N+](=O)[O-]. The molecule has 0 fully saturated rings. The Kier molecular flexibility index (Phi) is 3.83. The predicted molar refractivity (Wildman–Crippen MR) is 62.1 cm³/mol. The van der Waals surface area contributed by atoms with Crippen LogP contribution in [0.25, 0.3) is 0 Å². The van der Waals surface area contributed by atoms with Crippen LogP contribution in [0.1, 0.15) is 13.8 Å². The molecule has 0 aromatic heterocycles. The van der Waals surface area contributed by atoms with Crippen LogP contribution < -0.4 is 0 Å². The van der Waals surface area contributed by atoms with Crippen molar-refractivity contribution in [2.75, 3.05) is 0 Å². The molecule has 0 radical (unpaired) electrons. The van der Waals surface area contributed by atoms with Gasteiger partial charge in [0.15, 0.2) is 0 Å². The monoisotopic (exact) mass is 261 g/mol. The highest BCUT2D eigenvalue weighted by Crippen LogP contribution is 2.29. The van der Waals surface area contributed by atoms with Gasteiger partial charge in [0.2, 0.25) is 0 Å². The van der Waals surface area contributed by atoms with E-state index in [0.29, 0.717) is 15.7 Å². The average Bonchev–Trinajstić information content (AvgIpc) is 2.16. The summed E-state index contributed by atoms with van der Waals surface area (Å²) in [6.45, 7) is 2.70. The lowest BCUT2D eigenvalue weighted by atomic mass is 10.3. The second-order valence-electron chi connectivity index (χ2n) is 3.55. The maximum atomic E-state index is 10.6. The molecule has 0 amide bonds. The summed E-state index contributed by atoms with van der Waals surface area (Å²) in [5.41, 5.74) is -1.12. The summed E-state index contributed by atoms with van der Waals surface area (Å²) >= 11 is 11.5. The lowest BCUT2D eigenvalue weighted by molar-refractivity contribution is -0.559. The van der Waals surface area contributed by atoms with Crippen LogP contribution in [-0.2, 0) is 0 Å². The Morgan fingerprint density at radius 1 is 1.38 bits per heavy atom. The molecular weight excluding hydrogens is 253 g/mol. The van der Waals surface area contributed by atoms with E-state index in [2.05, 4.69) is 10.2 Å². The molecular formula is C9H9Cl2N3O2. The third-order valence-corrected chi connectivity index (χ3v) is 2.30. The molecule has 0 aliphatic carbocycles. The molecule has 0 saturated heterocycles. The first-order valence-corrected chi connectivity index (χ1v) is 5.11. The van der Waals surface area contributed by atoms with Gasteiger partial charge in [0.05, 0.1) is 9.95 Å². The van der Waals surface area contributed by atoms with Crippen molar-refractivity contribution in [1.82, 2.24) is 0 Å². The average molecular weight is 262 g/mol. The van der Waals surface area contributed by atoms with Crippen molar-refractivity contribution in [1.29, 1.82) is 0 Å². The smallest absolute Gasteiger partial charge is 0.262 e. The van der Waals surface area contributed by atoms with Gasteiger partial charge in [-0.3, -0.25) is 10.1 Å². The van der Waals surface area contributed by atoms with Crippen LogP contribution in [0.2, 0.25) is 10.0 Å². The fourth-order valence-corrected chi connectivity index (χ4v) is 1.22. The highest BCUT2D eigenvalue weighted by molar-refractivity contribution is 6.36. The van der Waals surface area contributed by atoms with Crippen LogP contribution in [0.5, 0.6) is 0 Å². The Labute approximate surface area is 102 Å². The van der Waals surface area contributed by atoms with Gasteiger partial charge in [0.25, 0.3) is 0 Å². The van der Waals surface area contributed by atoms with E-state index >= 15 is 0 Å². The van der Waals surface area contributed by atoms with Crippen molar-refractivity contribution in [3.8, 4) is 0 Å². The molecule has 1 rings (SSSR count). The standard InChI is InChI=1S/C9H9Cl2N3O2/c1-9(2,14(15)16)13-12-8-4-3-6(10)5-7(8)11/h3-5H,1-2H3. The summed E-state index contributed by atoms with van der Waals surface area (Å²) in [7, 11) is 0. The van der Waals surface area contributed by atoms with E-state index < -0.39 is 10.6 Å². The Balaban J connectivity index is 2.97. The van der Waals surface area contributed by atoms with Crippen molar-refractivity contribution < 1.29 is 4.92 Å². The number of benzene rings is 1. The van der Waals surface area contributed by atoms with E-state index in [0.717, 1.165) is 0 Å². The summed E-state index contributed by atoms with van der Waals surface area (Å²) in [5, 5.41) is 18.7. The van der Waals surface area contributed by atoms with Crippen LogP contribution >= 0.6 is 23.2 Å². The van der Waals surface area contributed by atoms with Crippen LogP contribution in [0, 0.1) is 10.1 Å². The Morgan fingerprint density at radius 3 is 2.50 bits per heavy atom. The molecule has 0 unspecified atom stereocenters. The fraction of sp³-hybridized carbons (Fsp3) is 0.333. The summed E-state index contributed by atoms with van der Waals surface area (Å²) in [5.74, 6) is 0. The van der Waals surface area contributed by atoms with Gasteiger partial charge in [0, 0.05) is 18.9 Å². The largest absolute Gasteiger partial charge is 0.324 e. The van der Waals surface area contributed by atoms with Crippen LogP contribution in [0.15, 0.2) is 28.4 Å². The van der Waals surface area contributed by atoms with Gasteiger partial charge in [-0.05, 0) is 18.2 Å². The zero-order valence-electron chi connectivity index (χ0n) is 8.65. The van der Waals surface area contributed by atoms with E-state index in [4.69, 9.17) is 23.2 Å². The van der Waals surface area contributed by atoms with Crippen molar-refractivity contribution in [3.05, 3.63) is 38.4 Å². The lowest BCUT2D eigenvalue weighted by Gasteiger charge is -2.07. The molecule has 86 valence electrons. The molecule has 0 saturated carbocycles. The summed E-state index contributed by atoms with van der Waals surface area (Å²) in [4.78, 5) is 10.1. The first-order chi connectivity index (χ1) is 7.33. The van der Waals surface area contributed by atoms with Crippen molar-refractivity contribution in [2.45, 2.75) is 19.5 Å². The first-order valence-electron chi connectivity index (χ1n) is 4.35. The minimum Gasteiger partial charge on any atom is -0.262 e. The number of hydrogen-bond donors (Lipinski definition) is 0. The number of nitrogens with zero attached hydrogens (tertiary/aromatic N) is 3. The maximum Gasteiger partial charge on any atom is 0.324 e. The van der Waals surface area contributed by atoms with E-state index in [1.54, 1.807) is 12.1 Å². The summed E-state index contributed by atoms with van der Waals surface area (Å²) in [6, 6.07) is 4.63. The Bertz CT molecular complexity index is 446. The number of rotatable bonds is 3. The molecule has 16 heavy (non-hydrogen) atoms. The minimum absolute atomic E-state index is 0.301. The molecule has 1 aromatic rings. The van der Waals surface area contributed by atoms with Gasteiger partial charge in [-0.15, -0.1) is 10.2 Å². The van der Waals surface area contributed by atoms with Gasteiger partial charge in [-0.25, -0.2) is 0 Å². The minimum atomic E-state index is -1.47. The second-order valence-corrected chi connectivity index (χ2v) is 4.39. The van der Waals surface area contributed by atoms with Gasteiger partial charge in [-0.1, -0.05) is 23.2 Å². The normalized spacial score (nSPS) is 12.0. The molecule has 5 nitrogen and oxygen atoms in total. The van der Waals surface area contributed by atoms with Crippen LogP contribution in [-0.4, -0.2) is 10.6 Å². The molecule has 0 aliphatic rings. The number of azo groups is 1. The first kappa shape index (κ1) is 12.9. The number of hydrogen-bond acceptors (Lipinski definition) is 4. The van der Waals surface area contributed by atoms with Crippen molar-refractivity contribution in [2.24, 2.45) is 10.2 Å². The molecule has 7 heteroatoms. The highest BCUT2D eigenvalue weighted by Gasteiger charge is 2.29. The lowest BCUT2D eigenvalue weighted by Crippen LogP contribution is -2.27.